The molecule has 1 aliphatic heterocycles. The Labute approximate surface area is 130 Å². The molecule has 0 atom stereocenters. The van der Waals surface area contributed by atoms with E-state index in [0.717, 1.165) is 15.8 Å². The molecule has 104 valence electrons. The molecular weight excluding hydrogens is 344 g/mol. The van der Waals surface area contributed by atoms with Gasteiger partial charge in [-0.1, -0.05) is 11.6 Å². The fourth-order valence-corrected chi connectivity index (χ4v) is 2.47. The fourth-order valence-electron chi connectivity index (χ4n) is 1.95. The van der Waals surface area contributed by atoms with Crippen molar-refractivity contribution in [2.24, 2.45) is 0 Å². The van der Waals surface area contributed by atoms with E-state index < -0.39 is 0 Å². The number of nitrogens with two attached hydrogens (primary N) is 1. The summed E-state index contributed by atoms with van der Waals surface area (Å²) in [4.78, 5) is 0. The predicted octanol–water partition coefficient (Wildman–Crippen LogP) is 4.20. The largest absolute Gasteiger partial charge is 0.486 e. The molecule has 3 rings (SSSR count). The number of hydrogen-bond donors (Lipinski definition) is 2. The number of halogens is 2. The zero-order valence-corrected chi connectivity index (χ0v) is 12.8. The Bertz CT molecular complexity index is 664. The number of fused-ring (bicyclic) bond motifs is 1. The molecule has 2 aromatic rings. The Morgan fingerprint density at radius 2 is 1.75 bits per heavy atom. The van der Waals surface area contributed by atoms with Crippen molar-refractivity contribution in [3.63, 3.8) is 0 Å². The first-order valence-corrected chi connectivity index (χ1v) is 7.22. The highest BCUT2D eigenvalue weighted by molar-refractivity contribution is 9.10. The van der Waals surface area contributed by atoms with E-state index in [1.54, 1.807) is 6.07 Å². The highest BCUT2D eigenvalue weighted by Crippen LogP contribution is 2.39. The average Bonchev–Trinajstić information content (AvgIpc) is 2.43. The Morgan fingerprint density at radius 3 is 2.50 bits per heavy atom. The molecule has 0 amide bonds. The Kier molecular flexibility index (Phi) is 3.63. The SMILES string of the molecule is Nc1cc2c(cc1Nc1cc(Cl)ccc1Br)OCCO2. The Balaban J connectivity index is 1.96. The summed E-state index contributed by atoms with van der Waals surface area (Å²) < 4.78 is 11.9. The molecule has 0 saturated carbocycles. The van der Waals surface area contributed by atoms with Gasteiger partial charge in [-0.2, -0.15) is 0 Å². The molecule has 0 bridgehead atoms. The van der Waals surface area contributed by atoms with E-state index in [1.165, 1.54) is 0 Å². The second kappa shape index (κ2) is 5.42. The van der Waals surface area contributed by atoms with Crippen LogP contribution < -0.4 is 20.5 Å². The van der Waals surface area contributed by atoms with Crippen LogP contribution in [0.5, 0.6) is 11.5 Å². The van der Waals surface area contributed by atoms with Gasteiger partial charge in [0.2, 0.25) is 0 Å². The van der Waals surface area contributed by atoms with Crippen LogP contribution in [0.2, 0.25) is 5.02 Å². The monoisotopic (exact) mass is 354 g/mol. The molecule has 0 radical (unpaired) electrons. The summed E-state index contributed by atoms with van der Waals surface area (Å²) in [5.41, 5.74) is 8.20. The van der Waals surface area contributed by atoms with Crippen LogP contribution in [0, 0.1) is 0 Å². The van der Waals surface area contributed by atoms with Crippen molar-refractivity contribution in [2.45, 2.75) is 0 Å². The number of nitrogen functional groups attached to an aromatic ring is 1. The summed E-state index contributed by atoms with van der Waals surface area (Å²) in [5.74, 6) is 1.36. The van der Waals surface area contributed by atoms with Crippen LogP contribution in [-0.2, 0) is 0 Å². The maximum atomic E-state index is 6.03. The molecule has 20 heavy (non-hydrogen) atoms. The smallest absolute Gasteiger partial charge is 0.163 e. The molecule has 4 nitrogen and oxygen atoms in total. The summed E-state index contributed by atoms with van der Waals surface area (Å²) in [7, 11) is 0. The van der Waals surface area contributed by atoms with E-state index in [4.69, 9.17) is 26.8 Å². The molecular formula is C14H12BrClN2O2. The van der Waals surface area contributed by atoms with Gasteiger partial charge in [0.25, 0.3) is 0 Å². The van der Waals surface area contributed by atoms with E-state index in [9.17, 15) is 0 Å². The zero-order valence-electron chi connectivity index (χ0n) is 10.5. The van der Waals surface area contributed by atoms with Crippen molar-refractivity contribution in [1.29, 1.82) is 0 Å². The highest BCUT2D eigenvalue weighted by Gasteiger charge is 2.15. The van der Waals surface area contributed by atoms with Gasteiger partial charge in [0.15, 0.2) is 11.5 Å². The summed E-state index contributed by atoms with van der Waals surface area (Å²) in [5, 5.41) is 3.88. The lowest BCUT2D eigenvalue weighted by Gasteiger charge is -2.21. The number of ether oxygens (including phenoxy) is 2. The third-order valence-electron chi connectivity index (χ3n) is 2.91. The van der Waals surface area contributed by atoms with Crippen molar-refractivity contribution in [3.8, 4) is 11.5 Å². The number of hydrogen-bond acceptors (Lipinski definition) is 4. The van der Waals surface area contributed by atoms with Gasteiger partial charge in [-0.05, 0) is 34.1 Å². The summed E-state index contributed by atoms with van der Waals surface area (Å²) in [6.07, 6.45) is 0. The van der Waals surface area contributed by atoms with Gasteiger partial charge in [-0.3, -0.25) is 0 Å². The van der Waals surface area contributed by atoms with Gasteiger partial charge < -0.3 is 20.5 Å². The van der Waals surface area contributed by atoms with Gasteiger partial charge in [0, 0.05) is 21.6 Å². The first-order valence-electron chi connectivity index (χ1n) is 6.04. The lowest BCUT2D eigenvalue weighted by molar-refractivity contribution is 0.172. The molecule has 0 saturated heterocycles. The minimum atomic E-state index is 0.539. The fraction of sp³-hybridized carbons (Fsp3) is 0.143. The van der Waals surface area contributed by atoms with Crippen LogP contribution in [0.15, 0.2) is 34.8 Å². The van der Waals surface area contributed by atoms with Crippen LogP contribution >= 0.6 is 27.5 Å². The van der Waals surface area contributed by atoms with Gasteiger partial charge >= 0.3 is 0 Å². The predicted molar refractivity (Wildman–Crippen MR) is 84.3 cm³/mol. The molecule has 0 unspecified atom stereocenters. The van der Waals surface area contributed by atoms with Crippen LogP contribution in [0.1, 0.15) is 0 Å². The van der Waals surface area contributed by atoms with Crippen molar-refractivity contribution < 1.29 is 9.47 Å². The van der Waals surface area contributed by atoms with Gasteiger partial charge in [-0.15, -0.1) is 0 Å². The van der Waals surface area contributed by atoms with Crippen LogP contribution in [0.25, 0.3) is 0 Å². The Morgan fingerprint density at radius 1 is 1.05 bits per heavy atom. The van der Waals surface area contributed by atoms with Crippen molar-refractivity contribution in [3.05, 3.63) is 39.8 Å². The first kappa shape index (κ1) is 13.4. The molecule has 0 spiro atoms. The summed E-state index contributed by atoms with van der Waals surface area (Å²) >= 11 is 9.47. The summed E-state index contributed by atoms with van der Waals surface area (Å²) in [6, 6.07) is 9.09. The first-order chi connectivity index (χ1) is 9.63. The maximum absolute atomic E-state index is 6.03. The second-order valence-electron chi connectivity index (χ2n) is 4.33. The van der Waals surface area contributed by atoms with Crippen LogP contribution in [0.3, 0.4) is 0 Å². The Hall–Kier alpha value is -1.59. The molecule has 2 aromatic carbocycles. The molecule has 0 fully saturated rings. The quantitative estimate of drug-likeness (QED) is 0.793. The minimum Gasteiger partial charge on any atom is -0.486 e. The number of nitrogens with one attached hydrogen (secondary N) is 1. The van der Waals surface area contributed by atoms with E-state index in [0.29, 0.717) is 35.4 Å². The third kappa shape index (κ3) is 2.64. The van der Waals surface area contributed by atoms with Gasteiger partial charge in [-0.25, -0.2) is 0 Å². The lowest BCUT2D eigenvalue weighted by atomic mass is 10.2. The second-order valence-corrected chi connectivity index (χ2v) is 5.62. The van der Waals surface area contributed by atoms with Gasteiger partial charge in [0.05, 0.1) is 17.1 Å². The highest BCUT2D eigenvalue weighted by atomic mass is 79.9. The van der Waals surface area contributed by atoms with Crippen molar-refractivity contribution in [1.82, 2.24) is 0 Å². The van der Waals surface area contributed by atoms with Crippen molar-refractivity contribution in [2.75, 3.05) is 24.3 Å². The average molecular weight is 356 g/mol. The number of rotatable bonds is 2. The topological polar surface area (TPSA) is 56.5 Å². The van der Waals surface area contributed by atoms with E-state index in [-0.39, 0.29) is 0 Å². The third-order valence-corrected chi connectivity index (χ3v) is 3.84. The van der Waals surface area contributed by atoms with E-state index in [2.05, 4.69) is 21.2 Å². The number of benzene rings is 2. The zero-order chi connectivity index (χ0) is 14.1. The standard InChI is InChI=1S/C14H12BrClN2O2/c15-9-2-1-8(16)5-11(9)18-12-7-14-13(6-10(12)17)19-3-4-20-14/h1-2,5-7,18H,3-4,17H2. The molecule has 0 aliphatic carbocycles. The molecule has 0 aromatic heterocycles. The van der Waals surface area contributed by atoms with Crippen LogP contribution in [0.4, 0.5) is 17.1 Å². The van der Waals surface area contributed by atoms with E-state index in [1.807, 2.05) is 24.3 Å². The van der Waals surface area contributed by atoms with Gasteiger partial charge in [0.1, 0.15) is 13.2 Å². The normalized spacial score (nSPS) is 13.1. The minimum absolute atomic E-state index is 0.539. The van der Waals surface area contributed by atoms with Crippen molar-refractivity contribution >= 4 is 44.6 Å². The lowest BCUT2D eigenvalue weighted by Crippen LogP contribution is -2.15. The maximum Gasteiger partial charge on any atom is 0.163 e. The molecule has 1 heterocycles. The molecule has 3 N–H and O–H groups in total. The molecule has 6 heteroatoms. The number of anilines is 3. The molecule has 1 aliphatic rings. The summed E-state index contributed by atoms with van der Waals surface area (Å²) in [6.45, 7) is 1.08. The van der Waals surface area contributed by atoms with Crippen LogP contribution in [-0.4, -0.2) is 13.2 Å². The van der Waals surface area contributed by atoms with E-state index >= 15 is 0 Å².